The van der Waals surface area contributed by atoms with Gasteiger partial charge in [0, 0.05) is 26.2 Å². The van der Waals surface area contributed by atoms with E-state index in [9.17, 15) is 0 Å². The van der Waals surface area contributed by atoms with Gasteiger partial charge in [0.15, 0.2) is 0 Å². The highest BCUT2D eigenvalue weighted by molar-refractivity contribution is 5.19. The second-order valence-electron chi connectivity index (χ2n) is 6.24. The number of azo groups is 1. The smallest absolute Gasteiger partial charge is 0.232 e. The van der Waals surface area contributed by atoms with E-state index in [1.165, 1.54) is 51.4 Å². The molecule has 3 rings (SSSR count). The van der Waals surface area contributed by atoms with Crippen LogP contribution in [0.4, 0.5) is 0 Å². The summed E-state index contributed by atoms with van der Waals surface area (Å²) < 4.78 is 0. The van der Waals surface area contributed by atoms with E-state index < -0.39 is 5.79 Å². The molecular weight excluding hydrogens is 250 g/mol. The lowest BCUT2D eigenvalue weighted by Crippen LogP contribution is -2.61. The Kier molecular flexibility index (Phi) is 4.36. The molecule has 3 aliphatic rings. The highest BCUT2D eigenvalue weighted by atomic mass is 15.5. The van der Waals surface area contributed by atoms with Crippen LogP contribution in [-0.4, -0.2) is 41.8 Å². The molecule has 0 saturated carbocycles. The van der Waals surface area contributed by atoms with E-state index in [0.29, 0.717) is 0 Å². The standard InChI is InChI=1S/C15H27N5/c16-14-13-17-18-15(14,19-9-5-1-2-6-10-19)20-11-7-3-4-8-12-20/h13H,1-12,16H2. The molecular formula is C15H27N5. The van der Waals surface area contributed by atoms with Crippen molar-refractivity contribution in [2.24, 2.45) is 16.0 Å². The molecule has 0 bridgehead atoms. The van der Waals surface area contributed by atoms with E-state index in [0.717, 1.165) is 31.9 Å². The molecule has 5 heteroatoms. The summed E-state index contributed by atoms with van der Waals surface area (Å²) in [5, 5.41) is 8.82. The lowest BCUT2D eigenvalue weighted by atomic mass is 10.1. The van der Waals surface area contributed by atoms with E-state index in [-0.39, 0.29) is 0 Å². The van der Waals surface area contributed by atoms with Gasteiger partial charge in [0.1, 0.15) is 0 Å². The molecule has 20 heavy (non-hydrogen) atoms. The molecule has 0 aromatic carbocycles. The summed E-state index contributed by atoms with van der Waals surface area (Å²) in [6.45, 7) is 4.35. The minimum Gasteiger partial charge on any atom is -0.396 e. The third-order valence-electron chi connectivity index (χ3n) is 4.88. The van der Waals surface area contributed by atoms with Crippen molar-refractivity contribution in [2.45, 2.75) is 57.2 Å². The maximum Gasteiger partial charge on any atom is 0.232 e. The summed E-state index contributed by atoms with van der Waals surface area (Å²) in [5.41, 5.74) is 7.19. The number of nitrogens with two attached hydrogens (primary N) is 1. The predicted molar refractivity (Wildman–Crippen MR) is 79.9 cm³/mol. The van der Waals surface area contributed by atoms with Crippen LogP contribution in [0.3, 0.4) is 0 Å². The fourth-order valence-electron chi connectivity index (χ4n) is 3.77. The topological polar surface area (TPSA) is 57.2 Å². The molecule has 0 unspecified atom stereocenters. The summed E-state index contributed by atoms with van der Waals surface area (Å²) in [7, 11) is 0. The zero-order chi connectivity index (χ0) is 13.8. The van der Waals surface area contributed by atoms with Gasteiger partial charge in [-0.25, -0.2) is 0 Å². The number of hydrogen-bond donors (Lipinski definition) is 1. The second kappa shape index (κ2) is 6.22. The molecule has 0 aliphatic carbocycles. The Bertz CT molecular complexity index is 354. The van der Waals surface area contributed by atoms with Crippen LogP contribution >= 0.6 is 0 Å². The van der Waals surface area contributed by atoms with Gasteiger partial charge in [-0.1, -0.05) is 25.7 Å². The monoisotopic (exact) mass is 277 g/mol. The number of hydrogen-bond acceptors (Lipinski definition) is 5. The van der Waals surface area contributed by atoms with E-state index in [2.05, 4.69) is 20.0 Å². The lowest BCUT2D eigenvalue weighted by Gasteiger charge is -2.45. The molecule has 0 aromatic heterocycles. The second-order valence-corrected chi connectivity index (χ2v) is 6.24. The van der Waals surface area contributed by atoms with Crippen molar-refractivity contribution in [3.8, 4) is 0 Å². The van der Waals surface area contributed by atoms with Crippen LogP contribution in [0.5, 0.6) is 0 Å². The number of nitrogens with zero attached hydrogens (tertiary/aromatic N) is 4. The molecule has 112 valence electrons. The van der Waals surface area contributed by atoms with E-state index in [1.807, 2.05) is 0 Å². The Morgan fingerprint density at radius 1 is 0.800 bits per heavy atom. The number of rotatable bonds is 2. The van der Waals surface area contributed by atoms with Crippen molar-refractivity contribution in [1.82, 2.24) is 9.80 Å². The third kappa shape index (κ3) is 2.49. The molecule has 2 fully saturated rings. The average molecular weight is 277 g/mol. The fraction of sp³-hybridized carbons (Fsp3) is 0.867. The first kappa shape index (κ1) is 14.0. The van der Waals surface area contributed by atoms with Crippen molar-refractivity contribution in [3.63, 3.8) is 0 Å². The minimum atomic E-state index is -0.464. The minimum absolute atomic E-state index is 0.464. The van der Waals surface area contributed by atoms with Gasteiger partial charge < -0.3 is 5.73 Å². The van der Waals surface area contributed by atoms with Crippen LogP contribution in [0.1, 0.15) is 51.4 Å². The summed E-state index contributed by atoms with van der Waals surface area (Å²) in [6, 6.07) is 0. The van der Waals surface area contributed by atoms with Gasteiger partial charge in [0.25, 0.3) is 0 Å². The quantitative estimate of drug-likeness (QED) is 0.844. The largest absolute Gasteiger partial charge is 0.396 e. The predicted octanol–water partition coefficient (Wildman–Crippen LogP) is 2.66. The molecule has 0 amide bonds. The molecule has 0 radical (unpaired) electrons. The van der Waals surface area contributed by atoms with Crippen LogP contribution in [0.15, 0.2) is 22.1 Å². The molecule has 3 heterocycles. The van der Waals surface area contributed by atoms with Gasteiger partial charge in [-0.3, -0.25) is 9.80 Å². The highest BCUT2D eigenvalue weighted by Gasteiger charge is 2.47. The van der Waals surface area contributed by atoms with Crippen LogP contribution in [0, 0.1) is 0 Å². The summed E-state index contributed by atoms with van der Waals surface area (Å²) in [4.78, 5) is 4.96. The summed E-state index contributed by atoms with van der Waals surface area (Å²) in [5.74, 6) is -0.464. The molecule has 2 saturated heterocycles. The van der Waals surface area contributed by atoms with Crippen LogP contribution in [0.2, 0.25) is 0 Å². The summed E-state index contributed by atoms with van der Waals surface area (Å²) >= 11 is 0. The van der Waals surface area contributed by atoms with Gasteiger partial charge in [0.2, 0.25) is 5.79 Å². The van der Waals surface area contributed by atoms with Crippen LogP contribution in [0.25, 0.3) is 0 Å². The normalized spacial score (nSPS) is 28.9. The Morgan fingerprint density at radius 2 is 1.25 bits per heavy atom. The zero-order valence-corrected chi connectivity index (χ0v) is 12.4. The molecule has 0 aromatic rings. The Morgan fingerprint density at radius 3 is 1.60 bits per heavy atom. The Balaban J connectivity index is 1.87. The van der Waals surface area contributed by atoms with Gasteiger partial charge in [-0.15, -0.1) is 5.11 Å². The van der Waals surface area contributed by atoms with Crippen LogP contribution in [-0.2, 0) is 0 Å². The van der Waals surface area contributed by atoms with Crippen molar-refractivity contribution < 1.29 is 0 Å². The van der Waals surface area contributed by atoms with Gasteiger partial charge >= 0.3 is 0 Å². The third-order valence-corrected chi connectivity index (χ3v) is 4.88. The van der Waals surface area contributed by atoms with Gasteiger partial charge in [0.05, 0.1) is 11.9 Å². The first-order valence-electron chi connectivity index (χ1n) is 8.22. The Hall–Kier alpha value is -0.940. The van der Waals surface area contributed by atoms with Crippen molar-refractivity contribution in [1.29, 1.82) is 0 Å². The highest BCUT2D eigenvalue weighted by Crippen LogP contribution is 2.35. The first-order chi connectivity index (χ1) is 9.84. The lowest BCUT2D eigenvalue weighted by molar-refractivity contribution is -0.0240. The fourth-order valence-corrected chi connectivity index (χ4v) is 3.77. The molecule has 5 nitrogen and oxygen atoms in total. The SMILES string of the molecule is NC1=CN=NC1(N1CCCCCC1)N1CCCCCC1. The van der Waals surface area contributed by atoms with Gasteiger partial charge in [-0.05, 0) is 25.7 Å². The van der Waals surface area contributed by atoms with E-state index >= 15 is 0 Å². The van der Waals surface area contributed by atoms with Crippen molar-refractivity contribution >= 4 is 0 Å². The van der Waals surface area contributed by atoms with Crippen molar-refractivity contribution in [3.05, 3.63) is 11.9 Å². The maximum absolute atomic E-state index is 6.37. The van der Waals surface area contributed by atoms with Crippen molar-refractivity contribution in [2.75, 3.05) is 26.2 Å². The first-order valence-corrected chi connectivity index (χ1v) is 8.22. The van der Waals surface area contributed by atoms with Gasteiger partial charge in [-0.2, -0.15) is 5.11 Å². The zero-order valence-electron chi connectivity index (χ0n) is 12.4. The molecule has 2 N–H and O–H groups in total. The average Bonchev–Trinajstić information content (AvgIpc) is 2.74. The van der Waals surface area contributed by atoms with E-state index in [1.54, 1.807) is 6.20 Å². The molecule has 3 aliphatic heterocycles. The molecule has 0 atom stereocenters. The Labute approximate surface area is 121 Å². The maximum atomic E-state index is 6.37. The number of likely N-dealkylation sites (tertiary alicyclic amines) is 2. The van der Waals surface area contributed by atoms with Crippen LogP contribution < -0.4 is 5.73 Å². The van der Waals surface area contributed by atoms with E-state index in [4.69, 9.17) is 5.73 Å². The molecule has 0 spiro atoms. The summed E-state index contributed by atoms with van der Waals surface area (Å²) in [6.07, 6.45) is 12.1.